The lowest BCUT2D eigenvalue weighted by Gasteiger charge is -2.01. The summed E-state index contributed by atoms with van der Waals surface area (Å²) >= 11 is 8.59. The summed E-state index contributed by atoms with van der Waals surface area (Å²) in [7, 11) is 0. The molecule has 0 atom stereocenters. The van der Waals surface area contributed by atoms with E-state index >= 15 is 0 Å². The Kier molecular flexibility index (Phi) is 9.57. The second-order valence-corrected chi connectivity index (χ2v) is 4.69. The summed E-state index contributed by atoms with van der Waals surface area (Å²) in [5, 5.41) is 3.11. The van der Waals surface area contributed by atoms with Crippen LogP contribution in [-0.2, 0) is 9.59 Å². The van der Waals surface area contributed by atoms with Gasteiger partial charge in [-0.15, -0.1) is 0 Å². The highest BCUT2D eigenvalue weighted by molar-refractivity contribution is 9.19. The van der Waals surface area contributed by atoms with E-state index in [1.165, 1.54) is 12.1 Å². The van der Waals surface area contributed by atoms with Gasteiger partial charge >= 0.3 is 0 Å². The molecule has 0 saturated heterocycles. The Balaban J connectivity index is 0.000000437. The molecule has 0 radical (unpaired) electrons. The van der Waals surface area contributed by atoms with Gasteiger partial charge in [0.25, 0.3) is 0 Å². The number of amides is 1. The number of anilines is 1. The van der Waals surface area contributed by atoms with Crippen molar-refractivity contribution in [2.45, 2.75) is 0 Å². The maximum atomic E-state index is 12.6. The van der Waals surface area contributed by atoms with Crippen molar-refractivity contribution in [3.63, 3.8) is 0 Å². The van der Waals surface area contributed by atoms with Gasteiger partial charge in [-0.25, -0.2) is 4.39 Å². The molecule has 0 bridgehead atoms. The van der Waals surface area contributed by atoms with Gasteiger partial charge in [-0.05, 0) is 34.1 Å². The highest BCUT2D eigenvalue weighted by Gasteiger charge is 1.99. The lowest BCUT2D eigenvalue weighted by atomic mass is 10.3. The Bertz CT molecular complexity index is 388. The van der Waals surface area contributed by atoms with Gasteiger partial charge in [0, 0.05) is 5.69 Å². The Morgan fingerprint density at radius 1 is 1.24 bits per heavy atom. The van der Waals surface area contributed by atoms with Crippen LogP contribution in [0.5, 0.6) is 0 Å². The van der Waals surface area contributed by atoms with E-state index in [0.717, 1.165) is 0 Å². The molecule has 0 aliphatic heterocycles. The predicted octanol–water partition coefficient (Wildman–Crippen LogP) is 3.46. The van der Waals surface area contributed by atoms with Crippen LogP contribution in [0, 0.1) is 5.82 Å². The summed E-state index contributed by atoms with van der Waals surface area (Å²) in [6, 6.07) is 5.76. The first-order chi connectivity index (χ1) is 7.99. The van der Waals surface area contributed by atoms with Crippen molar-refractivity contribution in [3.05, 3.63) is 30.1 Å². The summed E-state index contributed by atoms with van der Waals surface area (Å²) < 4.78 is 12.5. The van der Waals surface area contributed by atoms with Gasteiger partial charge in [0.05, 0.1) is 10.7 Å². The van der Waals surface area contributed by atoms with Gasteiger partial charge in [-0.1, -0.05) is 37.9 Å². The number of hydrogen-bond donors (Lipinski definition) is 1. The molecule has 0 saturated carbocycles. The second kappa shape index (κ2) is 9.73. The van der Waals surface area contributed by atoms with Gasteiger partial charge in [0.1, 0.15) is 5.82 Å². The smallest absolute Gasteiger partial charge is 0.235 e. The molecule has 0 fully saturated rings. The van der Waals surface area contributed by atoms with Crippen molar-refractivity contribution in [3.8, 4) is 0 Å². The molecule has 0 heterocycles. The molecule has 1 aromatic rings. The fraction of sp³-hybridized carbons (Fsp3) is 0.200. The maximum Gasteiger partial charge on any atom is 0.235 e. The summed E-state index contributed by atoms with van der Waals surface area (Å²) in [5.41, 5.74) is 0.472. The molecule has 1 N–H and O–H groups in total. The van der Waals surface area contributed by atoms with Crippen LogP contribution in [-0.4, -0.2) is 21.3 Å². The number of halogens is 4. The zero-order valence-electron chi connectivity index (χ0n) is 8.55. The van der Waals surface area contributed by atoms with E-state index in [9.17, 15) is 14.0 Å². The Hall–Kier alpha value is -0.270. The quantitative estimate of drug-likeness (QED) is 0.586. The van der Waals surface area contributed by atoms with Crippen LogP contribution < -0.4 is 5.32 Å². The highest BCUT2D eigenvalue weighted by atomic mass is 79.9. The molecule has 1 rings (SSSR count). The topological polar surface area (TPSA) is 46.2 Å². The normalized spacial score (nSPS) is 8.94. The first-order valence-electron chi connectivity index (χ1n) is 4.35. The fourth-order valence-electron chi connectivity index (χ4n) is 0.761. The van der Waals surface area contributed by atoms with Gasteiger partial charge in [-0.3, -0.25) is 9.59 Å². The van der Waals surface area contributed by atoms with E-state index < -0.39 is 0 Å². The van der Waals surface area contributed by atoms with E-state index in [2.05, 4.69) is 53.1 Å². The Labute approximate surface area is 124 Å². The van der Waals surface area contributed by atoms with Crippen LogP contribution in [0.1, 0.15) is 0 Å². The van der Waals surface area contributed by atoms with E-state index in [0.29, 0.717) is 11.0 Å². The Morgan fingerprint density at radius 2 is 1.82 bits per heavy atom. The number of alkyl halides is 2. The number of carbonyl (C=O) groups excluding carboxylic acids is 2. The van der Waals surface area contributed by atoms with Gasteiger partial charge in [-0.2, -0.15) is 0 Å². The van der Waals surface area contributed by atoms with Gasteiger partial charge in [0.15, 0.2) is 0 Å². The van der Waals surface area contributed by atoms with Crippen LogP contribution in [0.2, 0.25) is 0 Å². The number of rotatable bonds is 3. The summed E-state index contributed by atoms with van der Waals surface area (Å²) in [5.74, 6) is -0.553. The molecule has 0 spiro atoms. The minimum atomic E-state index is -0.359. The third kappa shape index (κ3) is 9.43. The number of benzene rings is 1. The molecule has 0 aliphatic rings. The van der Waals surface area contributed by atoms with Crippen LogP contribution >= 0.6 is 47.8 Å². The zero-order valence-corrected chi connectivity index (χ0v) is 13.3. The third-order valence-corrected chi connectivity index (χ3v) is 3.39. The van der Waals surface area contributed by atoms with E-state index in [-0.39, 0.29) is 21.7 Å². The van der Waals surface area contributed by atoms with E-state index in [1.807, 2.05) is 0 Å². The average molecular weight is 434 g/mol. The van der Waals surface area contributed by atoms with Crippen LogP contribution in [0.15, 0.2) is 24.3 Å². The summed E-state index contributed by atoms with van der Waals surface area (Å²) in [6.07, 6.45) is 0. The molecule has 94 valence electrons. The van der Waals surface area contributed by atoms with E-state index in [4.69, 9.17) is 0 Å². The number of nitrogens with one attached hydrogen (secondary N) is 1. The number of hydrogen-bond acceptors (Lipinski definition) is 2. The Morgan fingerprint density at radius 3 is 2.24 bits per heavy atom. The van der Waals surface area contributed by atoms with Crippen LogP contribution in [0.4, 0.5) is 10.1 Å². The summed E-state index contributed by atoms with van der Waals surface area (Å²) in [4.78, 5) is 20.5. The van der Waals surface area contributed by atoms with Crippen molar-refractivity contribution in [1.82, 2.24) is 0 Å². The van der Waals surface area contributed by atoms with Crippen LogP contribution in [0.25, 0.3) is 0 Å². The lowest BCUT2D eigenvalue weighted by molar-refractivity contribution is -0.113. The predicted molar refractivity (Wildman–Crippen MR) is 76.6 cm³/mol. The molecule has 3 nitrogen and oxygen atoms in total. The van der Waals surface area contributed by atoms with Crippen molar-refractivity contribution >= 4 is 64.1 Å². The monoisotopic (exact) mass is 431 g/mol. The first kappa shape index (κ1) is 16.7. The lowest BCUT2D eigenvalue weighted by Crippen LogP contribution is -2.12. The molecule has 1 amide bonds. The second-order valence-electron chi connectivity index (χ2n) is 2.68. The highest BCUT2D eigenvalue weighted by Crippen LogP contribution is 2.08. The first-order valence-corrected chi connectivity index (χ1v) is 7.39. The largest absolute Gasteiger partial charge is 0.325 e. The van der Waals surface area contributed by atoms with Crippen molar-refractivity contribution in [1.29, 1.82) is 0 Å². The van der Waals surface area contributed by atoms with Crippen molar-refractivity contribution < 1.29 is 14.0 Å². The van der Waals surface area contributed by atoms with E-state index in [1.54, 1.807) is 12.1 Å². The maximum absolute atomic E-state index is 12.6. The molecular weight excluding hydrogens is 425 g/mol. The average Bonchev–Trinajstić information content (AvgIpc) is 2.29. The van der Waals surface area contributed by atoms with Gasteiger partial charge in [0.2, 0.25) is 10.6 Å². The van der Waals surface area contributed by atoms with Crippen LogP contribution in [0.3, 0.4) is 0 Å². The SMILES string of the molecule is O=C(Br)CBr.O=C(CBr)Nc1cccc(F)c1. The van der Waals surface area contributed by atoms with Crippen molar-refractivity contribution in [2.24, 2.45) is 0 Å². The molecule has 1 aromatic carbocycles. The molecule has 7 heteroatoms. The standard InChI is InChI=1S/C8H7BrFNO.C2H2Br2O/c9-5-8(12)11-7-3-1-2-6(10)4-7;3-1-2(4)5/h1-4H,5H2,(H,11,12);1H2. The minimum Gasteiger partial charge on any atom is -0.325 e. The molecule has 0 unspecified atom stereocenters. The van der Waals surface area contributed by atoms with Gasteiger partial charge < -0.3 is 5.32 Å². The molecule has 0 aliphatic carbocycles. The molecular formula is C10H9Br3FNO2. The fourth-order valence-corrected chi connectivity index (χ4v) is 0.901. The summed E-state index contributed by atoms with van der Waals surface area (Å²) in [6.45, 7) is 0. The molecule has 17 heavy (non-hydrogen) atoms. The molecule has 0 aromatic heterocycles. The zero-order chi connectivity index (χ0) is 13.3. The minimum absolute atomic E-state index is 0.0162. The third-order valence-electron chi connectivity index (χ3n) is 1.33. The van der Waals surface area contributed by atoms with Crippen molar-refractivity contribution in [2.75, 3.05) is 16.0 Å². The number of carbonyl (C=O) groups is 2.